The first kappa shape index (κ1) is 10.2. The third-order valence-electron chi connectivity index (χ3n) is 3.16. The number of nitrogens with one attached hydrogen (secondary N) is 1. The van der Waals surface area contributed by atoms with Crippen molar-refractivity contribution in [3.05, 3.63) is 33.8 Å². The van der Waals surface area contributed by atoms with Crippen molar-refractivity contribution in [1.29, 1.82) is 0 Å². The van der Waals surface area contributed by atoms with Crippen molar-refractivity contribution in [2.75, 3.05) is 7.05 Å². The Morgan fingerprint density at radius 1 is 1.43 bits per heavy atom. The number of rotatable bonds is 3. The summed E-state index contributed by atoms with van der Waals surface area (Å²) in [6.45, 7) is 2.12. The van der Waals surface area contributed by atoms with Crippen LogP contribution in [0.4, 0.5) is 0 Å². The van der Waals surface area contributed by atoms with Crippen molar-refractivity contribution in [1.82, 2.24) is 5.32 Å². The van der Waals surface area contributed by atoms with E-state index < -0.39 is 0 Å². The van der Waals surface area contributed by atoms with Gasteiger partial charge in [0.2, 0.25) is 0 Å². The van der Waals surface area contributed by atoms with E-state index in [4.69, 9.17) is 0 Å². The fourth-order valence-corrected chi connectivity index (χ4v) is 2.23. The van der Waals surface area contributed by atoms with Crippen molar-refractivity contribution < 1.29 is 0 Å². The lowest BCUT2D eigenvalue weighted by Gasteiger charge is -2.14. The highest BCUT2D eigenvalue weighted by molar-refractivity contribution is 9.10. The Labute approximate surface area is 94.0 Å². The van der Waals surface area contributed by atoms with Crippen LogP contribution < -0.4 is 5.32 Å². The van der Waals surface area contributed by atoms with Crippen molar-refractivity contribution in [2.45, 2.75) is 31.7 Å². The lowest BCUT2D eigenvalue weighted by Crippen LogP contribution is -2.29. The third kappa shape index (κ3) is 2.01. The Balaban J connectivity index is 2.14. The van der Waals surface area contributed by atoms with Crippen LogP contribution in [-0.4, -0.2) is 12.6 Å². The molecule has 1 aliphatic rings. The second kappa shape index (κ2) is 3.67. The van der Waals surface area contributed by atoms with Gasteiger partial charge >= 0.3 is 0 Å². The molecule has 1 N–H and O–H groups in total. The number of aryl methyl sites for hydroxylation is 1. The van der Waals surface area contributed by atoms with Crippen LogP contribution in [0.15, 0.2) is 22.7 Å². The second-order valence-corrected chi connectivity index (χ2v) is 5.14. The fourth-order valence-electron chi connectivity index (χ4n) is 1.80. The molecule has 76 valence electrons. The molecule has 0 atom stereocenters. The minimum atomic E-state index is 0.411. The lowest BCUT2D eigenvalue weighted by molar-refractivity contribution is 0.548. The summed E-state index contributed by atoms with van der Waals surface area (Å²) in [6.07, 6.45) is 3.78. The number of hydrogen-bond donors (Lipinski definition) is 1. The maximum Gasteiger partial charge on any atom is 0.0220 e. The molecule has 1 aliphatic carbocycles. The van der Waals surface area contributed by atoms with Crippen molar-refractivity contribution >= 4 is 15.9 Å². The molecule has 0 bridgehead atoms. The quantitative estimate of drug-likeness (QED) is 0.874. The molecule has 0 heterocycles. The summed E-state index contributed by atoms with van der Waals surface area (Å²) in [6, 6.07) is 6.66. The van der Waals surface area contributed by atoms with Gasteiger partial charge in [0, 0.05) is 10.0 Å². The van der Waals surface area contributed by atoms with Crippen LogP contribution in [0.5, 0.6) is 0 Å². The van der Waals surface area contributed by atoms with E-state index in [-0.39, 0.29) is 0 Å². The van der Waals surface area contributed by atoms with E-state index >= 15 is 0 Å². The van der Waals surface area contributed by atoms with E-state index in [1.807, 2.05) is 0 Å². The van der Waals surface area contributed by atoms with Crippen LogP contribution in [0.3, 0.4) is 0 Å². The van der Waals surface area contributed by atoms with E-state index in [2.05, 4.69) is 53.4 Å². The third-order valence-corrected chi connectivity index (χ3v) is 4.02. The summed E-state index contributed by atoms with van der Waals surface area (Å²) in [4.78, 5) is 0. The largest absolute Gasteiger partial charge is 0.314 e. The molecule has 0 radical (unpaired) electrons. The first-order chi connectivity index (χ1) is 6.65. The molecule has 0 spiro atoms. The van der Waals surface area contributed by atoms with Gasteiger partial charge in [-0.25, -0.2) is 0 Å². The molecular weight excluding hydrogens is 238 g/mol. The smallest absolute Gasteiger partial charge is 0.0220 e. The van der Waals surface area contributed by atoms with Gasteiger partial charge in [-0.3, -0.25) is 0 Å². The van der Waals surface area contributed by atoms with Crippen LogP contribution in [0, 0.1) is 6.92 Å². The average Bonchev–Trinajstić information content (AvgIpc) is 2.93. The fraction of sp³-hybridized carbons (Fsp3) is 0.500. The minimum absolute atomic E-state index is 0.411. The van der Waals surface area contributed by atoms with Crippen LogP contribution >= 0.6 is 15.9 Å². The number of likely N-dealkylation sites (N-methyl/N-ethyl adjacent to an activating group) is 1. The molecule has 2 heteroatoms. The lowest BCUT2D eigenvalue weighted by atomic mass is 10.0. The average molecular weight is 254 g/mol. The highest BCUT2D eigenvalue weighted by Gasteiger charge is 2.40. The maximum absolute atomic E-state index is 3.58. The predicted molar refractivity (Wildman–Crippen MR) is 63.6 cm³/mol. The monoisotopic (exact) mass is 253 g/mol. The molecule has 1 aromatic carbocycles. The summed E-state index contributed by atoms with van der Waals surface area (Å²) in [5, 5.41) is 3.42. The van der Waals surface area contributed by atoms with Gasteiger partial charge in [0.15, 0.2) is 0 Å². The minimum Gasteiger partial charge on any atom is -0.314 e. The summed E-state index contributed by atoms with van der Waals surface area (Å²) in [7, 11) is 2.07. The van der Waals surface area contributed by atoms with Crippen LogP contribution in [0.2, 0.25) is 0 Å². The van der Waals surface area contributed by atoms with Gasteiger partial charge in [0.1, 0.15) is 0 Å². The molecule has 0 saturated heterocycles. The van der Waals surface area contributed by atoms with E-state index in [9.17, 15) is 0 Å². The summed E-state index contributed by atoms with van der Waals surface area (Å²) in [5.74, 6) is 0. The first-order valence-electron chi connectivity index (χ1n) is 5.09. The molecule has 1 aromatic rings. The van der Waals surface area contributed by atoms with Crippen molar-refractivity contribution in [3.63, 3.8) is 0 Å². The standard InChI is InChI=1S/C12H16BrN/c1-9-3-4-10(7-11(9)13)8-12(14-2)5-6-12/h3-4,7,14H,5-6,8H2,1-2H3. The zero-order chi connectivity index (χ0) is 10.2. The summed E-state index contributed by atoms with van der Waals surface area (Å²) >= 11 is 3.58. The van der Waals surface area contributed by atoms with Gasteiger partial charge in [-0.2, -0.15) is 0 Å². The molecule has 14 heavy (non-hydrogen) atoms. The molecule has 0 amide bonds. The van der Waals surface area contributed by atoms with E-state index in [1.165, 1.54) is 28.4 Å². The number of hydrogen-bond acceptors (Lipinski definition) is 1. The van der Waals surface area contributed by atoms with E-state index in [0.717, 1.165) is 6.42 Å². The summed E-state index contributed by atoms with van der Waals surface area (Å²) < 4.78 is 1.22. The molecule has 1 saturated carbocycles. The molecular formula is C12H16BrN. The Morgan fingerprint density at radius 3 is 2.64 bits per heavy atom. The normalized spacial score (nSPS) is 18.2. The summed E-state index contributed by atoms with van der Waals surface area (Å²) in [5.41, 5.74) is 3.15. The van der Waals surface area contributed by atoms with Crippen LogP contribution in [0.1, 0.15) is 24.0 Å². The topological polar surface area (TPSA) is 12.0 Å². The zero-order valence-corrected chi connectivity index (χ0v) is 10.3. The van der Waals surface area contributed by atoms with E-state index in [0.29, 0.717) is 5.54 Å². The molecule has 0 unspecified atom stereocenters. The highest BCUT2D eigenvalue weighted by Crippen LogP contribution is 2.38. The molecule has 0 aromatic heterocycles. The Bertz CT molecular complexity index is 342. The Kier molecular flexibility index (Phi) is 2.67. The van der Waals surface area contributed by atoms with Gasteiger partial charge in [0.05, 0.1) is 0 Å². The number of benzene rings is 1. The SMILES string of the molecule is CNC1(Cc2ccc(C)c(Br)c2)CC1. The maximum atomic E-state index is 3.58. The predicted octanol–water partition coefficient (Wildman–Crippen LogP) is 3.05. The molecule has 1 fully saturated rings. The van der Waals surface area contributed by atoms with Gasteiger partial charge in [0.25, 0.3) is 0 Å². The van der Waals surface area contributed by atoms with Gasteiger partial charge in [-0.1, -0.05) is 28.1 Å². The highest BCUT2D eigenvalue weighted by atomic mass is 79.9. The Morgan fingerprint density at radius 2 is 2.14 bits per heavy atom. The van der Waals surface area contributed by atoms with Crippen molar-refractivity contribution in [2.24, 2.45) is 0 Å². The van der Waals surface area contributed by atoms with Crippen LogP contribution in [0.25, 0.3) is 0 Å². The second-order valence-electron chi connectivity index (χ2n) is 4.29. The first-order valence-corrected chi connectivity index (χ1v) is 5.88. The van der Waals surface area contributed by atoms with Gasteiger partial charge in [-0.05, 0) is 50.4 Å². The van der Waals surface area contributed by atoms with Gasteiger partial charge in [-0.15, -0.1) is 0 Å². The Hall–Kier alpha value is -0.340. The molecule has 1 nitrogen and oxygen atoms in total. The van der Waals surface area contributed by atoms with Gasteiger partial charge < -0.3 is 5.32 Å². The molecule has 2 rings (SSSR count). The van der Waals surface area contributed by atoms with Crippen molar-refractivity contribution in [3.8, 4) is 0 Å². The zero-order valence-electron chi connectivity index (χ0n) is 8.73. The number of halogens is 1. The molecule has 0 aliphatic heterocycles. The van der Waals surface area contributed by atoms with Crippen LogP contribution in [-0.2, 0) is 6.42 Å². The van der Waals surface area contributed by atoms with E-state index in [1.54, 1.807) is 0 Å².